The van der Waals surface area contributed by atoms with Crippen molar-refractivity contribution in [3.05, 3.63) is 22.3 Å². The summed E-state index contributed by atoms with van der Waals surface area (Å²) in [6, 6.07) is 4.23. The van der Waals surface area contributed by atoms with Gasteiger partial charge in [-0.3, -0.25) is 0 Å². The Kier molecular flexibility index (Phi) is 4.13. The molecule has 98 valence electrons. The predicted molar refractivity (Wildman–Crippen MR) is 82.3 cm³/mol. The maximum Gasteiger partial charge on any atom is 0.0683 e. The van der Waals surface area contributed by atoms with E-state index in [-0.39, 0.29) is 0 Å². The Bertz CT molecular complexity index is 335. The van der Waals surface area contributed by atoms with Gasteiger partial charge in [0.2, 0.25) is 0 Å². The lowest BCUT2D eigenvalue weighted by Crippen LogP contribution is -2.45. The van der Waals surface area contributed by atoms with E-state index in [1.165, 1.54) is 18.1 Å². The third-order valence-corrected chi connectivity index (χ3v) is 13.2. The predicted octanol–water partition coefficient (Wildman–Crippen LogP) is 5.94. The molecule has 0 unspecified atom stereocenters. The number of allylic oxidation sites excluding steroid dienone is 4. The summed E-state index contributed by atoms with van der Waals surface area (Å²) in [5, 5.41) is 0.416. The standard InChI is InChI=1S/C16H30Si/c1-9-17(10-2,11-3)16(8)14(6)12(4)13(5)15(16)7/h9-11H2,1-8H3. The highest BCUT2D eigenvalue weighted by molar-refractivity contribution is 6.84. The first-order chi connectivity index (χ1) is 7.82. The summed E-state index contributed by atoms with van der Waals surface area (Å²) in [7, 11) is -1.23. The molecule has 0 bridgehead atoms. The zero-order valence-electron chi connectivity index (χ0n) is 13.1. The highest BCUT2D eigenvalue weighted by atomic mass is 28.3. The van der Waals surface area contributed by atoms with Gasteiger partial charge in [0.05, 0.1) is 8.07 Å². The van der Waals surface area contributed by atoms with Crippen molar-refractivity contribution in [2.75, 3.05) is 0 Å². The van der Waals surface area contributed by atoms with Gasteiger partial charge in [0.25, 0.3) is 0 Å². The van der Waals surface area contributed by atoms with Gasteiger partial charge in [0, 0.05) is 5.04 Å². The molecule has 0 aromatic heterocycles. The third-order valence-electron chi connectivity index (χ3n) is 6.28. The van der Waals surface area contributed by atoms with Crippen molar-refractivity contribution in [3.8, 4) is 0 Å². The molecule has 0 nitrogen and oxygen atoms in total. The molecule has 0 amide bonds. The fourth-order valence-electron chi connectivity index (χ4n) is 4.20. The summed E-state index contributed by atoms with van der Waals surface area (Å²) in [5.41, 5.74) is 6.48. The molecule has 0 aromatic carbocycles. The molecule has 1 heteroatoms. The number of rotatable bonds is 4. The van der Waals surface area contributed by atoms with Crippen molar-refractivity contribution in [3.63, 3.8) is 0 Å². The SMILES string of the molecule is CC[Si](CC)(CC)C1(C)C(C)=C(C)C(C)=C1C. The topological polar surface area (TPSA) is 0 Å². The monoisotopic (exact) mass is 250 g/mol. The minimum absolute atomic E-state index is 0.416. The van der Waals surface area contributed by atoms with Crippen molar-refractivity contribution in [2.45, 2.75) is 78.6 Å². The minimum Gasteiger partial charge on any atom is -0.0677 e. The van der Waals surface area contributed by atoms with Crippen LogP contribution in [0.15, 0.2) is 22.3 Å². The highest BCUT2D eigenvalue weighted by Gasteiger charge is 2.51. The van der Waals surface area contributed by atoms with Gasteiger partial charge in [0.1, 0.15) is 0 Å². The second kappa shape index (κ2) is 4.76. The zero-order valence-corrected chi connectivity index (χ0v) is 14.1. The molecule has 0 atom stereocenters. The Morgan fingerprint density at radius 3 is 1.29 bits per heavy atom. The van der Waals surface area contributed by atoms with Crippen LogP contribution < -0.4 is 0 Å². The van der Waals surface area contributed by atoms with Crippen LogP contribution in [0.5, 0.6) is 0 Å². The molecule has 0 aromatic rings. The van der Waals surface area contributed by atoms with Crippen LogP contribution in [0.4, 0.5) is 0 Å². The van der Waals surface area contributed by atoms with Gasteiger partial charge >= 0.3 is 0 Å². The Hall–Kier alpha value is -0.303. The van der Waals surface area contributed by atoms with Gasteiger partial charge < -0.3 is 0 Å². The Labute approximate surface area is 109 Å². The van der Waals surface area contributed by atoms with Crippen LogP contribution in [0.2, 0.25) is 23.2 Å². The van der Waals surface area contributed by atoms with Gasteiger partial charge in [-0.2, -0.15) is 0 Å². The van der Waals surface area contributed by atoms with Crippen molar-refractivity contribution in [1.82, 2.24) is 0 Å². The molecule has 0 saturated carbocycles. The molecular weight excluding hydrogens is 220 g/mol. The molecule has 0 fully saturated rings. The summed E-state index contributed by atoms with van der Waals surface area (Å²) >= 11 is 0. The lowest BCUT2D eigenvalue weighted by Gasteiger charge is -2.47. The van der Waals surface area contributed by atoms with Gasteiger partial charge in [-0.05, 0) is 38.8 Å². The summed E-state index contributed by atoms with van der Waals surface area (Å²) < 4.78 is 0. The largest absolute Gasteiger partial charge is 0.0683 e. The van der Waals surface area contributed by atoms with E-state index in [9.17, 15) is 0 Å². The lowest BCUT2D eigenvalue weighted by molar-refractivity contribution is 0.766. The van der Waals surface area contributed by atoms with Gasteiger partial charge in [-0.25, -0.2) is 0 Å². The number of hydrogen-bond acceptors (Lipinski definition) is 0. The van der Waals surface area contributed by atoms with Crippen LogP contribution >= 0.6 is 0 Å². The van der Waals surface area contributed by atoms with Crippen LogP contribution in [0, 0.1) is 0 Å². The average molecular weight is 251 g/mol. The van der Waals surface area contributed by atoms with Crippen molar-refractivity contribution >= 4 is 8.07 Å². The number of hydrogen-bond donors (Lipinski definition) is 0. The Morgan fingerprint density at radius 2 is 1.06 bits per heavy atom. The summed E-state index contributed by atoms with van der Waals surface area (Å²) in [4.78, 5) is 0. The van der Waals surface area contributed by atoms with Crippen LogP contribution in [0.1, 0.15) is 55.4 Å². The van der Waals surface area contributed by atoms with Crippen molar-refractivity contribution in [2.24, 2.45) is 0 Å². The van der Waals surface area contributed by atoms with E-state index in [1.807, 2.05) is 0 Å². The highest BCUT2D eigenvalue weighted by Crippen LogP contribution is 2.61. The lowest BCUT2D eigenvalue weighted by atomic mass is 9.98. The van der Waals surface area contributed by atoms with E-state index in [0.29, 0.717) is 5.04 Å². The molecule has 0 N–H and O–H groups in total. The molecule has 17 heavy (non-hydrogen) atoms. The summed E-state index contributed by atoms with van der Waals surface area (Å²) in [6.45, 7) is 19.2. The van der Waals surface area contributed by atoms with Crippen molar-refractivity contribution < 1.29 is 0 Å². The van der Waals surface area contributed by atoms with E-state index in [0.717, 1.165) is 0 Å². The van der Waals surface area contributed by atoms with Gasteiger partial charge in [0.15, 0.2) is 0 Å². The first-order valence-electron chi connectivity index (χ1n) is 7.18. The van der Waals surface area contributed by atoms with Crippen LogP contribution in [-0.4, -0.2) is 8.07 Å². The van der Waals surface area contributed by atoms with Crippen LogP contribution in [-0.2, 0) is 0 Å². The summed E-state index contributed by atoms with van der Waals surface area (Å²) in [5.74, 6) is 0. The van der Waals surface area contributed by atoms with E-state index in [4.69, 9.17) is 0 Å². The fourth-order valence-corrected chi connectivity index (χ4v) is 9.79. The van der Waals surface area contributed by atoms with Crippen LogP contribution in [0.3, 0.4) is 0 Å². The minimum atomic E-state index is -1.23. The second-order valence-electron chi connectivity index (χ2n) is 5.97. The first kappa shape index (κ1) is 14.8. The van der Waals surface area contributed by atoms with Gasteiger partial charge in [-0.1, -0.05) is 57.0 Å². The van der Waals surface area contributed by atoms with Crippen molar-refractivity contribution in [1.29, 1.82) is 0 Å². The molecule has 1 aliphatic carbocycles. The third kappa shape index (κ3) is 1.69. The molecule has 1 aliphatic rings. The van der Waals surface area contributed by atoms with E-state index >= 15 is 0 Å². The van der Waals surface area contributed by atoms with Gasteiger partial charge in [-0.15, -0.1) is 0 Å². The fraction of sp³-hybridized carbons (Fsp3) is 0.750. The smallest absolute Gasteiger partial charge is 0.0677 e. The zero-order chi connectivity index (χ0) is 13.4. The maximum atomic E-state index is 2.54. The summed E-state index contributed by atoms with van der Waals surface area (Å²) in [6.07, 6.45) is 0. The van der Waals surface area contributed by atoms with E-state index in [1.54, 1.807) is 22.3 Å². The quantitative estimate of drug-likeness (QED) is 0.541. The first-order valence-corrected chi connectivity index (χ1v) is 9.80. The average Bonchev–Trinajstić information content (AvgIpc) is 2.49. The van der Waals surface area contributed by atoms with E-state index in [2.05, 4.69) is 55.4 Å². The molecular formula is C16H30Si. The molecule has 0 aliphatic heterocycles. The normalized spacial score (nSPS) is 20.5. The molecule has 0 spiro atoms. The molecule has 1 rings (SSSR count). The molecule has 0 heterocycles. The maximum absolute atomic E-state index is 2.54. The second-order valence-corrected chi connectivity index (χ2v) is 11.6. The molecule has 0 saturated heterocycles. The molecule has 0 radical (unpaired) electrons. The Balaban J connectivity index is 3.47. The Morgan fingerprint density at radius 1 is 0.765 bits per heavy atom. The van der Waals surface area contributed by atoms with Crippen LogP contribution in [0.25, 0.3) is 0 Å². The van der Waals surface area contributed by atoms with E-state index < -0.39 is 8.07 Å².